The highest BCUT2D eigenvalue weighted by Crippen LogP contribution is 2.21. The van der Waals surface area contributed by atoms with Gasteiger partial charge < -0.3 is 9.64 Å². The lowest BCUT2D eigenvalue weighted by molar-refractivity contribution is -0.128. The lowest BCUT2D eigenvalue weighted by Gasteiger charge is -2.16. The van der Waals surface area contributed by atoms with Gasteiger partial charge in [-0.15, -0.1) is 0 Å². The Labute approximate surface area is 141 Å². The third kappa shape index (κ3) is 3.64. The van der Waals surface area contributed by atoms with Gasteiger partial charge in [-0.2, -0.15) is 5.10 Å². The topological polar surface area (TPSA) is 64.4 Å². The molecule has 1 fully saturated rings. The second-order valence-corrected chi connectivity index (χ2v) is 6.23. The van der Waals surface area contributed by atoms with Crippen molar-refractivity contribution in [2.75, 3.05) is 13.2 Å². The molecule has 0 bridgehead atoms. The number of hydrogen-bond acceptors (Lipinski definition) is 4. The molecule has 0 radical (unpaired) electrons. The highest BCUT2D eigenvalue weighted by Gasteiger charge is 2.30. The number of benzene rings is 1. The van der Waals surface area contributed by atoms with Crippen LogP contribution in [0, 0.1) is 12.8 Å². The fourth-order valence-electron chi connectivity index (χ4n) is 2.99. The minimum absolute atomic E-state index is 0.0436. The van der Waals surface area contributed by atoms with E-state index < -0.39 is 0 Å². The molecule has 0 saturated carbocycles. The van der Waals surface area contributed by atoms with E-state index in [4.69, 9.17) is 4.74 Å². The fourth-order valence-corrected chi connectivity index (χ4v) is 2.99. The number of hydrogen-bond donors (Lipinski definition) is 0. The Morgan fingerprint density at radius 1 is 1.33 bits per heavy atom. The molecule has 1 aliphatic rings. The number of carbonyl (C=O) groups excluding carboxylic acids is 2. The molecule has 2 heterocycles. The summed E-state index contributed by atoms with van der Waals surface area (Å²) >= 11 is 0. The molecule has 24 heavy (non-hydrogen) atoms. The van der Waals surface area contributed by atoms with Crippen LogP contribution in [0.15, 0.2) is 36.5 Å². The van der Waals surface area contributed by atoms with Crippen LogP contribution in [0.2, 0.25) is 0 Å². The number of esters is 1. The second kappa shape index (κ2) is 6.86. The van der Waals surface area contributed by atoms with E-state index in [1.807, 2.05) is 35.2 Å². The van der Waals surface area contributed by atoms with Crippen LogP contribution in [0.25, 0.3) is 0 Å². The Hall–Kier alpha value is -2.63. The summed E-state index contributed by atoms with van der Waals surface area (Å²) < 4.78 is 6.97. The van der Waals surface area contributed by atoms with Crippen LogP contribution < -0.4 is 0 Å². The van der Waals surface area contributed by atoms with Crippen molar-refractivity contribution in [1.82, 2.24) is 14.7 Å². The summed E-state index contributed by atoms with van der Waals surface area (Å²) in [6, 6.07) is 9.90. The molecular formula is C18H21N3O3. The van der Waals surface area contributed by atoms with Crippen molar-refractivity contribution in [3.63, 3.8) is 0 Å². The maximum atomic E-state index is 12.1. The predicted octanol–water partition coefficient (Wildman–Crippen LogP) is 1.93. The standard InChI is InChI=1S/C18H21N3O3/c1-13-16(11-20(2)19-13)18(23)24-12-15-8-17(22)21(10-15)9-14-6-4-3-5-7-14/h3-7,11,15H,8-10,12H2,1-2H3/t15-/m1/s1. The molecule has 6 nitrogen and oxygen atoms in total. The maximum Gasteiger partial charge on any atom is 0.341 e. The second-order valence-electron chi connectivity index (χ2n) is 6.23. The van der Waals surface area contributed by atoms with Gasteiger partial charge in [-0.3, -0.25) is 9.48 Å². The minimum atomic E-state index is -0.380. The molecule has 1 saturated heterocycles. The first-order valence-corrected chi connectivity index (χ1v) is 8.02. The van der Waals surface area contributed by atoms with Crippen LogP contribution in [0.4, 0.5) is 0 Å². The SMILES string of the molecule is Cc1nn(C)cc1C(=O)OC[C@@H]1CC(=O)N(Cc2ccccc2)C1. The van der Waals surface area contributed by atoms with Gasteiger partial charge in [0.2, 0.25) is 5.91 Å². The average Bonchev–Trinajstić information content (AvgIpc) is 3.08. The highest BCUT2D eigenvalue weighted by molar-refractivity contribution is 5.90. The molecule has 0 spiro atoms. The number of ether oxygens (including phenoxy) is 1. The van der Waals surface area contributed by atoms with Gasteiger partial charge in [0.1, 0.15) is 5.56 Å². The summed E-state index contributed by atoms with van der Waals surface area (Å²) in [6.45, 7) is 3.25. The third-order valence-electron chi connectivity index (χ3n) is 4.19. The van der Waals surface area contributed by atoms with Crippen LogP contribution in [-0.2, 0) is 23.1 Å². The van der Waals surface area contributed by atoms with Crippen LogP contribution in [0.5, 0.6) is 0 Å². The van der Waals surface area contributed by atoms with Crippen molar-refractivity contribution in [3.8, 4) is 0 Å². The molecule has 2 aromatic rings. The van der Waals surface area contributed by atoms with E-state index in [1.54, 1.807) is 24.9 Å². The van der Waals surface area contributed by atoms with E-state index in [2.05, 4.69) is 5.10 Å². The molecule has 1 amide bonds. The number of likely N-dealkylation sites (tertiary alicyclic amines) is 1. The van der Waals surface area contributed by atoms with Crippen LogP contribution in [0.3, 0.4) is 0 Å². The van der Waals surface area contributed by atoms with Crippen molar-refractivity contribution in [2.24, 2.45) is 13.0 Å². The summed E-state index contributed by atoms with van der Waals surface area (Å²) in [6.07, 6.45) is 2.07. The third-order valence-corrected chi connectivity index (χ3v) is 4.19. The Balaban J connectivity index is 1.53. The quantitative estimate of drug-likeness (QED) is 0.787. The van der Waals surface area contributed by atoms with Crippen molar-refractivity contribution < 1.29 is 14.3 Å². The van der Waals surface area contributed by atoms with Crippen molar-refractivity contribution in [3.05, 3.63) is 53.3 Å². The van der Waals surface area contributed by atoms with Gasteiger partial charge in [0, 0.05) is 38.7 Å². The highest BCUT2D eigenvalue weighted by atomic mass is 16.5. The first-order chi connectivity index (χ1) is 11.5. The van der Waals surface area contributed by atoms with Crippen molar-refractivity contribution >= 4 is 11.9 Å². The lowest BCUT2D eigenvalue weighted by atomic mass is 10.1. The molecule has 1 aromatic heterocycles. The summed E-state index contributed by atoms with van der Waals surface area (Å²) in [5.41, 5.74) is 2.23. The van der Waals surface area contributed by atoms with Gasteiger partial charge in [-0.1, -0.05) is 30.3 Å². The maximum absolute atomic E-state index is 12.1. The first-order valence-electron chi connectivity index (χ1n) is 8.02. The van der Waals surface area contributed by atoms with Gasteiger partial charge in [0.05, 0.1) is 12.3 Å². The number of aryl methyl sites for hydroxylation is 2. The molecular weight excluding hydrogens is 306 g/mol. The van der Waals surface area contributed by atoms with Crippen molar-refractivity contribution in [2.45, 2.75) is 19.9 Å². The first kappa shape index (κ1) is 16.2. The monoisotopic (exact) mass is 327 g/mol. The molecule has 1 aliphatic heterocycles. The Morgan fingerprint density at radius 2 is 2.08 bits per heavy atom. The zero-order valence-corrected chi connectivity index (χ0v) is 13.9. The number of nitrogens with zero attached hydrogens (tertiary/aromatic N) is 3. The van der Waals surface area contributed by atoms with E-state index in [9.17, 15) is 9.59 Å². The number of rotatable bonds is 5. The van der Waals surface area contributed by atoms with Gasteiger partial charge in [0.25, 0.3) is 0 Å². The molecule has 0 aliphatic carbocycles. The van der Waals surface area contributed by atoms with Crippen LogP contribution in [0.1, 0.15) is 28.0 Å². The average molecular weight is 327 g/mol. The summed E-state index contributed by atoms with van der Waals surface area (Å²) in [7, 11) is 1.76. The summed E-state index contributed by atoms with van der Waals surface area (Å²) in [5, 5.41) is 4.14. The Morgan fingerprint density at radius 3 is 2.75 bits per heavy atom. The minimum Gasteiger partial charge on any atom is -0.462 e. The van der Waals surface area contributed by atoms with Gasteiger partial charge in [-0.05, 0) is 12.5 Å². The smallest absolute Gasteiger partial charge is 0.341 e. The van der Waals surface area contributed by atoms with E-state index in [1.165, 1.54) is 0 Å². The van der Waals surface area contributed by atoms with Crippen molar-refractivity contribution in [1.29, 1.82) is 0 Å². The lowest BCUT2D eigenvalue weighted by Crippen LogP contribution is -2.25. The van der Waals surface area contributed by atoms with Gasteiger partial charge >= 0.3 is 5.97 Å². The molecule has 6 heteroatoms. The predicted molar refractivity (Wildman–Crippen MR) is 88.2 cm³/mol. The largest absolute Gasteiger partial charge is 0.462 e. The van der Waals surface area contributed by atoms with Crippen LogP contribution in [-0.4, -0.2) is 39.7 Å². The zero-order chi connectivity index (χ0) is 17.1. The summed E-state index contributed by atoms with van der Waals surface area (Å²) in [5.74, 6) is -0.228. The number of carbonyl (C=O) groups is 2. The van der Waals surface area contributed by atoms with E-state index in [0.717, 1.165) is 5.56 Å². The molecule has 0 unspecified atom stereocenters. The summed E-state index contributed by atoms with van der Waals surface area (Å²) in [4.78, 5) is 26.1. The number of aromatic nitrogens is 2. The Kier molecular flexibility index (Phi) is 4.64. The molecule has 0 N–H and O–H groups in total. The van der Waals surface area contributed by atoms with Crippen LogP contribution >= 0.6 is 0 Å². The van der Waals surface area contributed by atoms with E-state index in [0.29, 0.717) is 30.8 Å². The van der Waals surface area contributed by atoms with E-state index >= 15 is 0 Å². The molecule has 126 valence electrons. The zero-order valence-electron chi connectivity index (χ0n) is 13.9. The molecule has 1 aromatic carbocycles. The fraction of sp³-hybridized carbons (Fsp3) is 0.389. The molecule has 3 rings (SSSR count). The molecule has 1 atom stereocenters. The Bertz CT molecular complexity index is 739. The van der Waals surface area contributed by atoms with Gasteiger partial charge in [0.15, 0.2) is 0 Å². The van der Waals surface area contributed by atoms with Gasteiger partial charge in [-0.25, -0.2) is 4.79 Å². The van der Waals surface area contributed by atoms with E-state index in [-0.39, 0.29) is 24.4 Å². The normalized spacial score (nSPS) is 17.3. The number of amides is 1.